The highest BCUT2D eigenvalue weighted by molar-refractivity contribution is 7.86. The third kappa shape index (κ3) is 2.77. The second kappa shape index (κ2) is 3.97. The van der Waals surface area contributed by atoms with Crippen LogP contribution < -0.4 is 0 Å². The van der Waals surface area contributed by atoms with Crippen LogP contribution in [0.25, 0.3) is 0 Å². The fraction of sp³-hybridized carbons (Fsp3) is 0.400. The molecule has 2 nitrogen and oxygen atoms in total. The highest BCUT2D eigenvalue weighted by Crippen LogP contribution is 2.40. The molecule has 0 N–H and O–H groups in total. The zero-order chi connectivity index (χ0) is 13.5. The summed E-state index contributed by atoms with van der Waals surface area (Å²) < 4.78 is 71.5. The lowest BCUT2D eigenvalue weighted by atomic mass is 9.84. The molecular formula is C10H10F4O2S. The topological polar surface area (TPSA) is 34.1 Å². The number of hydrogen-bond acceptors (Lipinski definition) is 2. The summed E-state index contributed by atoms with van der Waals surface area (Å²) in [5, 5.41) is 0. The summed E-state index contributed by atoms with van der Waals surface area (Å²) in [6, 6.07) is 3.55. The lowest BCUT2D eigenvalue weighted by molar-refractivity contribution is -0.180. The molecule has 17 heavy (non-hydrogen) atoms. The van der Waals surface area contributed by atoms with Crippen LogP contribution in [0.5, 0.6) is 0 Å². The molecule has 0 aliphatic carbocycles. The van der Waals surface area contributed by atoms with Gasteiger partial charge in [-0.05, 0) is 31.5 Å². The molecule has 1 rings (SSSR count). The summed E-state index contributed by atoms with van der Waals surface area (Å²) in [4.78, 5) is -0.653. The highest BCUT2D eigenvalue weighted by atomic mass is 32.3. The van der Waals surface area contributed by atoms with Gasteiger partial charge in [0, 0.05) is 0 Å². The van der Waals surface area contributed by atoms with Gasteiger partial charge in [0.05, 0.1) is 10.3 Å². The average Bonchev–Trinajstić information content (AvgIpc) is 2.15. The van der Waals surface area contributed by atoms with Gasteiger partial charge in [-0.1, -0.05) is 12.1 Å². The van der Waals surface area contributed by atoms with Crippen molar-refractivity contribution in [1.82, 2.24) is 0 Å². The van der Waals surface area contributed by atoms with Crippen molar-refractivity contribution in [2.24, 2.45) is 0 Å². The molecule has 0 aliphatic heterocycles. The van der Waals surface area contributed by atoms with Crippen LogP contribution in [-0.2, 0) is 15.6 Å². The van der Waals surface area contributed by atoms with Crippen molar-refractivity contribution in [3.8, 4) is 0 Å². The molecule has 1 aromatic rings. The zero-order valence-corrected chi connectivity index (χ0v) is 9.86. The summed E-state index contributed by atoms with van der Waals surface area (Å²) in [7, 11) is -4.88. The van der Waals surface area contributed by atoms with Crippen molar-refractivity contribution in [2.45, 2.75) is 30.3 Å². The molecule has 0 bridgehead atoms. The minimum absolute atomic E-state index is 0.127. The quantitative estimate of drug-likeness (QED) is 0.611. The minimum Gasteiger partial charge on any atom is -0.189 e. The van der Waals surface area contributed by atoms with E-state index in [4.69, 9.17) is 0 Å². The first-order chi connectivity index (χ1) is 7.46. The summed E-state index contributed by atoms with van der Waals surface area (Å²) in [5.74, 6) is 0. The first-order valence-corrected chi connectivity index (χ1v) is 5.96. The fourth-order valence-electron chi connectivity index (χ4n) is 1.20. The van der Waals surface area contributed by atoms with E-state index in [1.54, 1.807) is 0 Å². The maximum absolute atomic E-state index is 12.7. The van der Waals surface area contributed by atoms with E-state index < -0.39 is 26.7 Å². The Balaban J connectivity index is 3.21. The molecule has 0 unspecified atom stereocenters. The smallest absolute Gasteiger partial charge is 0.189 e. The van der Waals surface area contributed by atoms with Crippen molar-refractivity contribution >= 4 is 10.2 Å². The van der Waals surface area contributed by atoms with Gasteiger partial charge in [-0.2, -0.15) is 21.6 Å². The van der Waals surface area contributed by atoms with Crippen molar-refractivity contribution in [3.05, 3.63) is 29.8 Å². The van der Waals surface area contributed by atoms with Crippen LogP contribution in [0.4, 0.5) is 17.1 Å². The molecule has 1 aromatic carbocycles. The van der Waals surface area contributed by atoms with Crippen molar-refractivity contribution < 1.29 is 25.5 Å². The monoisotopic (exact) mass is 270 g/mol. The number of hydrogen-bond donors (Lipinski definition) is 0. The summed E-state index contributed by atoms with van der Waals surface area (Å²) >= 11 is 0. The van der Waals surface area contributed by atoms with Gasteiger partial charge < -0.3 is 0 Å². The van der Waals surface area contributed by atoms with Crippen molar-refractivity contribution in [2.75, 3.05) is 0 Å². The van der Waals surface area contributed by atoms with Gasteiger partial charge >= 0.3 is 16.4 Å². The Kier molecular flexibility index (Phi) is 3.26. The van der Waals surface area contributed by atoms with E-state index in [9.17, 15) is 25.5 Å². The normalized spacial score (nSPS) is 13.8. The number of rotatable bonds is 2. The van der Waals surface area contributed by atoms with Gasteiger partial charge in [0.25, 0.3) is 0 Å². The van der Waals surface area contributed by atoms with Crippen LogP contribution in [0, 0.1) is 0 Å². The van der Waals surface area contributed by atoms with Crippen LogP contribution in [-0.4, -0.2) is 14.6 Å². The van der Waals surface area contributed by atoms with Gasteiger partial charge in [0.1, 0.15) is 0 Å². The first-order valence-electron chi connectivity index (χ1n) is 4.58. The van der Waals surface area contributed by atoms with Crippen LogP contribution >= 0.6 is 0 Å². The van der Waals surface area contributed by atoms with Gasteiger partial charge in [0.15, 0.2) is 0 Å². The van der Waals surface area contributed by atoms with Gasteiger partial charge in [0.2, 0.25) is 0 Å². The van der Waals surface area contributed by atoms with E-state index in [-0.39, 0.29) is 5.56 Å². The molecule has 0 fully saturated rings. The maximum atomic E-state index is 12.7. The number of alkyl halides is 3. The molecule has 0 atom stereocenters. The van der Waals surface area contributed by atoms with Gasteiger partial charge in [-0.15, -0.1) is 3.89 Å². The first kappa shape index (κ1) is 14.0. The van der Waals surface area contributed by atoms with Crippen LogP contribution in [0.15, 0.2) is 29.2 Å². The standard InChI is InChI=1S/C10H10F4O2S/c1-9(2,10(11,12)13)7-3-5-8(6-4-7)17(14,15)16/h3-6H,1-2H3. The van der Waals surface area contributed by atoms with Crippen LogP contribution in [0.3, 0.4) is 0 Å². The Hall–Kier alpha value is -1.11. The molecule has 0 radical (unpaired) electrons. The van der Waals surface area contributed by atoms with Gasteiger partial charge in [-0.3, -0.25) is 0 Å². The minimum atomic E-state index is -4.88. The lowest BCUT2D eigenvalue weighted by Gasteiger charge is -2.28. The van der Waals surface area contributed by atoms with Crippen LogP contribution in [0.2, 0.25) is 0 Å². The SMILES string of the molecule is CC(C)(c1ccc(S(=O)(=O)F)cc1)C(F)(F)F. The Bertz CT molecular complexity index is 500. The largest absolute Gasteiger partial charge is 0.397 e. The van der Waals surface area contributed by atoms with Crippen LogP contribution in [0.1, 0.15) is 19.4 Å². The molecule has 0 aliphatic rings. The average molecular weight is 270 g/mol. The zero-order valence-electron chi connectivity index (χ0n) is 9.05. The molecule has 7 heteroatoms. The Morgan fingerprint density at radius 2 is 1.41 bits per heavy atom. The third-order valence-corrected chi connectivity index (χ3v) is 3.40. The number of halogens is 4. The maximum Gasteiger partial charge on any atom is 0.397 e. The van der Waals surface area contributed by atoms with Gasteiger partial charge in [-0.25, -0.2) is 0 Å². The molecule has 96 valence electrons. The molecule has 0 amide bonds. The predicted octanol–water partition coefficient (Wildman–Crippen LogP) is 3.18. The molecule has 0 heterocycles. The van der Waals surface area contributed by atoms with Crippen molar-refractivity contribution in [3.63, 3.8) is 0 Å². The summed E-state index contributed by atoms with van der Waals surface area (Å²) in [5.41, 5.74) is -2.25. The van der Waals surface area contributed by atoms with E-state index in [2.05, 4.69) is 0 Å². The predicted molar refractivity (Wildman–Crippen MR) is 53.8 cm³/mol. The molecule has 0 saturated carbocycles. The Labute approximate surface area is 96.5 Å². The van der Waals surface area contributed by atoms with Crippen molar-refractivity contribution in [1.29, 1.82) is 0 Å². The molecule has 0 saturated heterocycles. The highest BCUT2D eigenvalue weighted by Gasteiger charge is 2.48. The fourth-order valence-corrected chi connectivity index (χ4v) is 1.66. The van der Waals surface area contributed by atoms with E-state index in [1.165, 1.54) is 0 Å². The second-order valence-electron chi connectivity index (χ2n) is 4.08. The van der Waals surface area contributed by atoms with E-state index in [0.717, 1.165) is 38.1 Å². The molecular weight excluding hydrogens is 260 g/mol. The van der Waals surface area contributed by atoms with E-state index in [0.29, 0.717) is 0 Å². The van der Waals surface area contributed by atoms with E-state index >= 15 is 0 Å². The second-order valence-corrected chi connectivity index (χ2v) is 5.43. The Morgan fingerprint density at radius 3 is 1.71 bits per heavy atom. The van der Waals surface area contributed by atoms with E-state index in [1.807, 2.05) is 0 Å². The number of benzene rings is 1. The summed E-state index contributed by atoms with van der Waals surface area (Å²) in [6.45, 7) is 1.93. The molecule has 0 spiro atoms. The lowest BCUT2D eigenvalue weighted by Crippen LogP contribution is -2.36. The molecule has 0 aromatic heterocycles. The third-order valence-electron chi connectivity index (χ3n) is 2.57. The summed E-state index contributed by atoms with van der Waals surface area (Å²) in [6.07, 6.45) is -4.47. The Morgan fingerprint density at radius 1 is 1.00 bits per heavy atom.